The van der Waals surface area contributed by atoms with Crippen molar-refractivity contribution in [2.24, 2.45) is 5.10 Å². The van der Waals surface area contributed by atoms with E-state index in [1.165, 1.54) is 0 Å². The lowest BCUT2D eigenvalue weighted by atomic mass is 9.71. The maximum atomic E-state index is 13.3. The highest BCUT2D eigenvalue weighted by molar-refractivity contribution is 6.48. The SMILES string of the molecule is CC(C)(C)OC(=O)N1CCC2(CC1)NN=C(C(=O)c1ccccc1)C2c1ccccc1. The number of hydrogen-bond acceptors (Lipinski definition) is 5. The zero-order valence-corrected chi connectivity index (χ0v) is 18.3. The fourth-order valence-electron chi connectivity index (χ4n) is 4.42. The van der Waals surface area contributed by atoms with Gasteiger partial charge in [-0.25, -0.2) is 4.79 Å². The molecule has 1 saturated heterocycles. The Bertz CT molecular complexity index is 972. The first-order chi connectivity index (χ1) is 14.8. The standard InChI is InChI=1S/C25H29N3O3/c1-24(2,3)31-23(30)28-16-14-25(15-17-28)20(18-10-6-4-7-11-18)21(26-27-25)22(29)19-12-8-5-9-13-19/h4-13,20,27H,14-17H2,1-3H3. The summed E-state index contributed by atoms with van der Waals surface area (Å²) in [6.45, 7) is 6.71. The van der Waals surface area contributed by atoms with Crippen LogP contribution in [0.2, 0.25) is 0 Å². The summed E-state index contributed by atoms with van der Waals surface area (Å²) in [6.07, 6.45) is 1.07. The van der Waals surface area contributed by atoms with Crippen LogP contribution in [0, 0.1) is 0 Å². The zero-order valence-electron chi connectivity index (χ0n) is 18.3. The lowest BCUT2D eigenvalue weighted by Gasteiger charge is -2.43. The van der Waals surface area contributed by atoms with Crippen LogP contribution < -0.4 is 5.43 Å². The average Bonchev–Trinajstić information content (AvgIpc) is 3.12. The molecule has 0 bridgehead atoms. The molecule has 2 aromatic carbocycles. The number of Topliss-reactive ketones (excluding diaryl/α,β-unsaturated/α-hetero) is 1. The fourth-order valence-corrected chi connectivity index (χ4v) is 4.42. The van der Waals surface area contributed by atoms with E-state index in [4.69, 9.17) is 4.74 Å². The molecule has 6 heteroatoms. The molecule has 1 atom stereocenters. The molecule has 31 heavy (non-hydrogen) atoms. The van der Waals surface area contributed by atoms with Crippen molar-refractivity contribution in [1.82, 2.24) is 10.3 Å². The Kier molecular flexibility index (Phi) is 5.56. The van der Waals surface area contributed by atoms with Gasteiger partial charge in [0.1, 0.15) is 11.3 Å². The Morgan fingerprint density at radius 2 is 1.58 bits per heavy atom. The summed E-state index contributed by atoms with van der Waals surface area (Å²) in [5.74, 6) is -0.240. The first-order valence-electron chi connectivity index (χ1n) is 10.8. The van der Waals surface area contributed by atoms with Gasteiger partial charge in [-0.05, 0) is 39.2 Å². The lowest BCUT2D eigenvalue weighted by molar-refractivity contribution is 0.0148. The molecule has 0 aliphatic carbocycles. The minimum absolute atomic E-state index is 0.0617. The predicted molar refractivity (Wildman–Crippen MR) is 120 cm³/mol. The molecule has 1 unspecified atom stereocenters. The molecule has 1 spiro atoms. The van der Waals surface area contributed by atoms with Crippen LogP contribution in [0.25, 0.3) is 0 Å². The van der Waals surface area contributed by atoms with E-state index in [1.54, 1.807) is 4.90 Å². The van der Waals surface area contributed by atoms with Crippen LogP contribution in [0.3, 0.4) is 0 Å². The molecule has 2 aliphatic heterocycles. The van der Waals surface area contributed by atoms with Gasteiger partial charge in [0.15, 0.2) is 0 Å². The normalized spacial score (nSPS) is 20.2. The Labute approximate surface area is 183 Å². The number of benzene rings is 2. The molecule has 6 nitrogen and oxygen atoms in total. The molecular formula is C25H29N3O3. The van der Waals surface area contributed by atoms with Crippen molar-refractivity contribution in [3.63, 3.8) is 0 Å². The van der Waals surface area contributed by atoms with Crippen molar-refractivity contribution in [2.75, 3.05) is 13.1 Å². The Morgan fingerprint density at radius 1 is 1.00 bits per heavy atom. The van der Waals surface area contributed by atoms with E-state index in [0.29, 0.717) is 37.2 Å². The Hall–Kier alpha value is -3.15. The minimum Gasteiger partial charge on any atom is -0.444 e. The van der Waals surface area contributed by atoms with Crippen LogP contribution in [0.4, 0.5) is 4.79 Å². The average molecular weight is 420 g/mol. The molecule has 2 heterocycles. The molecule has 0 aromatic heterocycles. The van der Waals surface area contributed by atoms with E-state index in [9.17, 15) is 9.59 Å². The van der Waals surface area contributed by atoms with E-state index < -0.39 is 11.1 Å². The van der Waals surface area contributed by atoms with Gasteiger partial charge in [0, 0.05) is 18.7 Å². The highest BCUT2D eigenvalue weighted by Crippen LogP contribution is 2.42. The number of ether oxygens (including phenoxy) is 1. The summed E-state index contributed by atoms with van der Waals surface area (Å²) in [7, 11) is 0. The Balaban J connectivity index is 1.59. The largest absolute Gasteiger partial charge is 0.444 e. The van der Waals surface area contributed by atoms with Crippen LogP contribution in [0.5, 0.6) is 0 Å². The molecule has 162 valence electrons. The van der Waals surface area contributed by atoms with Gasteiger partial charge < -0.3 is 15.1 Å². The van der Waals surface area contributed by atoms with Gasteiger partial charge in [0.05, 0.1) is 11.5 Å². The van der Waals surface area contributed by atoms with Crippen LogP contribution in [-0.2, 0) is 4.74 Å². The molecule has 0 radical (unpaired) electrons. The number of hydrogen-bond donors (Lipinski definition) is 1. The highest BCUT2D eigenvalue weighted by atomic mass is 16.6. The van der Waals surface area contributed by atoms with Crippen molar-refractivity contribution in [3.05, 3.63) is 71.8 Å². The van der Waals surface area contributed by atoms with Gasteiger partial charge >= 0.3 is 6.09 Å². The summed E-state index contributed by atoms with van der Waals surface area (Å²) in [5, 5.41) is 4.56. The zero-order chi connectivity index (χ0) is 22.1. The Morgan fingerprint density at radius 3 is 2.16 bits per heavy atom. The van der Waals surface area contributed by atoms with E-state index in [-0.39, 0.29) is 17.8 Å². The quantitative estimate of drug-likeness (QED) is 0.750. The minimum atomic E-state index is -0.525. The molecule has 2 aromatic rings. The molecule has 1 N–H and O–H groups in total. The van der Waals surface area contributed by atoms with Gasteiger partial charge in [0.2, 0.25) is 5.78 Å². The summed E-state index contributed by atoms with van der Waals surface area (Å²) >= 11 is 0. The van der Waals surface area contributed by atoms with Crippen molar-refractivity contribution < 1.29 is 14.3 Å². The van der Waals surface area contributed by atoms with Gasteiger partial charge in [0.25, 0.3) is 0 Å². The topological polar surface area (TPSA) is 71.0 Å². The first-order valence-corrected chi connectivity index (χ1v) is 10.8. The molecule has 4 rings (SSSR count). The number of nitrogens with one attached hydrogen (secondary N) is 1. The maximum absolute atomic E-state index is 13.3. The van der Waals surface area contributed by atoms with Crippen molar-refractivity contribution in [3.8, 4) is 0 Å². The van der Waals surface area contributed by atoms with Gasteiger partial charge in [-0.15, -0.1) is 0 Å². The number of carbonyl (C=O) groups is 2. The van der Waals surface area contributed by atoms with Crippen LogP contribution in [-0.4, -0.2) is 46.7 Å². The fraction of sp³-hybridized carbons (Fsp3) is 0.400. The van der Waals surface area contributed by atoms with Crippen molar-refractivity contribution in [1.29, 1.82) is 0 Å². The van der Waals surface area contributed by atoms with Crippen LogP contribution >= 0.6 is 0 Å². The van der Waals surface area contributed by atoms with E-state index in [2.05, 4.69) is 10.5 Å². The third-order valence-electron chi connectivity index (χ3n) is 5.93. The van der Waals surface area contributed by atoms with E-state index in [1.807, 2.05) is 81.4 Å². The maximum Gasteiger partial charge on any atom is 0.410 e. The molecule has 2 aliphatic rings. The summed E-state index contributed by atoms with van der Waals surface area (Å²) in [5.41, 5.74) is 4.61. The van der Waals surface area contributed by atoms with Crippen molar-refractivity contribution >= 4 is 17.6 Å². The number of piperidine rings is 1. The van der Waals surface area contributed by atoms with Crippen LogP contribution in [0.1, 0.15) is 55.5 Å². The predicted octanol–water partition coefficient (Wildman–Crippen LogP) is 4.38. The monoisotopic (exact) mass is 419 g/mol. The second kappa shape index (κ2) is 8.17. The smallest absolute Gasteiger partial charge is 0.410 e. The molecule has 0 saturated carbocycles. The summed E-state index contributed by atoms with van der Waals surface area (Å²) < 4.78 is 5.54. The molecule has 1 amide bonds. The number of hydrazone groups is 1. The van der Waals surface area contributed by atoms with Gasteiger partial charge in [-0.3, -0.25) is 4.79 Å². The number of carbonyl (C=O) groups excluding carboxylic acids is 2. The second-order valence-corrected chi connectivity index (χ2v) is 9.27. The number of nitrogens with zero attached hydrogens (tertiary/aromatic N) is 2. The first kappa shape index (κ1) is 21.1. The third kappa shape index (κ3) is 4.33. The van der Waals surface area contributed by atoms with Gasteiger partial charge in [-0.1, -0.05) is 60.7 Å². The lowest BCUT2D eigenvalue weighted by Crippen LogP contribution is -2.55. The number of ketones is 1. The highest BCUT2D eigenvalue weighted by Gasteiger charge is 2.50. The van der Waals surface area contributed by atoms with Crippen molar-refractivity contribution in [2.45, 2.75) is 50.7 Å². The molecular weight excluding hydrogens is 390 g/mol. The number of likely N-dealkylation sites (tertiary alicyclic amines) is 1. The summed E-state index contributed by atoms with van der Waals surface area (Å²) in [4.78, 5) is 27.6. The van der Waals surface area contributed by atoms with Gasteiger partial charge in [-0.2, -0.15) is 5.10 Å². The number of amides is 1. The van der Waals surface area contributed by atoms with E-state index >= 15 is 0 Å². The van der Waals surface area contributed by atoms with Crippen LogP contribution in [0.15, 0.2) is 65.8 Å². The second-order valence-electron chi connectivity index (χ2n) is 9.27. The summed E-state index contributed by atoms with van der Waals surface area (Å²) in [6, 6.07) is 19.3. The number of rotatable bonds is 3. The van der Waals surface area contributed by atoms with E-state index in [0.717, 1.165) is 5.56 Å². The molecule has 1 fully saturated rings. The third-order valence-corrected chi connectivity index (χ3v) is 5.93.